The van der Waals surface area contributed by atoms with E-state index in [1.165, 1.54) is 0 Å². The van der Waals surface area contributed by atoms with Crippen LogP contribution >= 0.6 is 0 Å². The summed E-state index contributed by atoms with van der Waals surface area (Å²) in [6.07, 6.45) is 0.826. The first-order chi connectivity index (χ1) is 12.4. The second-order valence-electron chi connectivity index (χ2n) is 6.15. The minimum Gasteiger partial charge on any atom is -0.481 e. The molecule has 8 nitrogen and oxygen atoms in total. The van der Waals surface area contributed by atoms with Gasteiger partial charge in [0.25, 0.3) is 0 Å². The van der Waals surface area contributed by atoms with E-state index in [4.69, 9.17) is 9.84 Å². The van der Waals surface area contributed by atoms with Crippen LogP contribution in [-0.2, 0) is 20.7 Å². The van der Waals surface area contributed by atoms with Crippen LogP contribution in [0.1, 0.15) is 25.8 Å². The summed E-state index contributed by atoms with van der Waals surface area (Å²) >= 11 is 0. The molecule has 8 heteroatoms. The predicted molar refractivity (Wildman–Crippen MR) is 95.8 cm³/mol. The molecule has 2 rings (SSSR count). The highest BCUT2D eigenvalue weighted by Crippen LogP contribution is 2.19. The lowest BCUT2D eigenvalue weighted by Crippen LogP contribution is -2.48. The lowest BCUT2D eigenvalue weighted by atomic mass is 10.0. The highest BCUT2D eigenvalue weighted by Gasteiger charge is 2.23. The van der Waals surface area contributed by atoms with Gasteiger partial charge in [0.2, 0.25) is 5.91 Å². The number of carboxylic acids is 1. The molecule has 1 aromatic heterocycles. The Morgan fingerprint density at radius 3 is 2.65 bits per heavy atom. The summed E-state index contributed by atoms with van der Waals surface area (Å²) < 4.78 is 5.05. The topological polar surface area (TPSA) is 121 Å². The van der Waals surface area contributed by atoms with E-state index >= 15 is 0 Å². The van der Waals surface area contributed by atoms with Crippen LogP contribution in [0.4, 0.5) is 4.79 Å². The van der Waals surface area contributed by atoms with Gasteiger partial charge < -0.3 is 25.5 Å². The summed E-state index contributed by atoms with van der Waals surface area (Å²) in [6, 6.07) is 6.75. The molecular weight excluding hydrogens is 338 g/mol. The standard InChI is InChI=1S/C18H23N3O5/c1-11(2)26-18(25)21-15(17(24)19-8-7-16(22)23)9-12-10-20-14-6-4-3-5-13(12)14/h3-6,10-11,15,20H,7-9H2,1-2H3,(H,19,24)(H,21,25)(H,22,23)/t15-/m0/s1. The summed E-state index contributed by atoms with van der Waals surface area (Å²) in [6.45, 7) is 3.40. The number of carbonyl (C=O) groups is 3. The number of hydrogen-bond donors (Lipinski definition) is 4. The quantitative estimate of drug-likeness (QED) is 0.571. The van der Waals surface area contributed by atoms with Crippen molar-refractivity contribution in [3.8, 4) is 0 Å². The highest BCUT2D eigenvalue weighted by molar-refractivity contribution is 5.88. The number of ether oxygens (including phenoxy) is 1. The molecule has 0 aliphatic rings. The number of para-hydroxylation sites is 1. The molecule has 26 heavy (non-hydrogen) atoms. The smallest absolute Gasteiger partial charge is 0.408 e. The molecule has 1 aromatic carbocycles. The lowest BCUT2D eigenvalue weighted by Gasteiger charge is -2.19. The first-order valence-electron chi connectivity index (χ1n) is 8.38. The molecule has 0 saturated heterocycles. The number of aromatic amines is 1. The number of fused-ring (bicyclic) bond motifs is 1. The number of nitrogens with one attached hydrogen (secondary N) is 3. The average Bonchev–Trinajstić information content (AvgIpc) is 2.96. The fourth-order valence-electron chi connectivity index (χ4n) is 2.54. The number of benzene rings is 1. The summed E-state index contributed by atoms with van der Waals surface area (Å²) in [5, 5.41) is 14.7. The van der Waals surface area contributed by atoms with Gasteiger partial charge in [-0.1, -0.05) is 18.2 Å². The van der Waals surface area contributed by atoms with E-state index in [1.54, 1.807) is 20.0 Å². The molecule has 0 radical (unpaired) electrons. The van der Waals surface area contributed by atoms with Gasteiger partial charge in [0.1, 0.15) is 6.04 Å². The SMILES string of the molecule is CC(C)OC(=O)N[C@@H](Cc1c[nH]c2ccccc12)C(=O)NCCC(=O)O. The molecule has 0 aliphatic heterocycles. The molecule has 4 N–H and O–H groups in total. The lowest BCUT2D eigenvalue weighted by molar-refractivity contribution is -0.137. The van der Waals surface area contributed by atoms with E-state index in [0.717, 1.165) is 16.5 Å². The maximum atomic E-state index is 12.4. The third kappa shape index (κ3) is 5.51. The Morgan fingerprint density at radius 1 is 1.23 bits per heavy atom. The van der Waals surface area contributed by atoms with E-state index < -0.39 is 24.0 Å². The molecule has 2 amide bonds. The molecule has 0 saturated carbocycles. The van der Waals surface area contributed by atoms with Crippen LogP contribution in [0.3, 0.4) is 0 Å². The number of H-pyrrole nitrogens is 1. The van der Waals surface area contributed by atoms with Gasteiger partial charge in [0, 0.05) is 30.1 Å². The summed E-state index contributed by atoms with van der Waals surface area (Å²) in [5.41, 5.74) is 1.79. The van der Waals surface area contributed by atoms with Gasteiger partial charge in [-0.15, -0.1) is 0 Å². The Balaban J connectivity index is 2.12. The van der Waals surface area contributed by atoms with Crippen LogP contribution in [0.2, 0.25) is 0 Å². The van der Waals surface area contributed by atoms with Crippen LogP contribution in [-0.4, -0.2) is 46.8 Å². The van der Waals surface area contributed by atoms with Crippen molar-refractivity contribution in [2.75, 3.05) is 6.54 Å². The Bertz CT molecular complexity index is 784. The second kappa shape index (κ2) is 8.89. The predicted octanol–water partition coefficient (Wildman–Crippen LogP) is 1.80. The van der Waals surface area contributed by atoms with Gasteiger partial charge in [-0.2, -0.15) is 0 Å². The summed E-state index contributed by atoms with van der Waals surface area (Å²) in [5.74, 6) is -1.47. The Kier molecular flexibility index (Phi) is 6.60. The number of rotatable bonds is 8. The van der Waals surface area contributed by atoms with Crippen molar-refractivity contribution in [2.45, 2.75) is 38.8 Å². The number of carboxylic acid groups (broad SMARTS) is 1. The zero-order valence-corrected chi connectivity index (χ0v) is 14.7. The van der Waals surface area contributed by atoms with Crippen molar-refractivity contribution >= 4 is 28.9 Å². The van der Waals surface area contributed by atoms with Gasteiger partial charge in [-0.3, -0.25) is 9.59 Å². The number of carbonyl (C=O) groups excluding carboxylic acids is 2. The molecule has 0 bridgehead atoms. The third-order valence-corrected chi connectivity index (χ3v) is 3.69. The monoisotopic (exact) mass is 361 g/mol. The zero-order chi connectivity index (χ0) is 19.1. The molecule has 1 heterocycles. The normalized spacial score (nSPS) is 12.0. The summed E-state index contributed by atoms with van der Waals surface area (Å²) in [4.78, 5) is 38.1. The van der Waals surface area contributed by atoms with Crippen molar-refractivity contribution in [1.82, 2.24) is 15.6 Å². The number of aliphatic carboxylic acids is 1. The van der Waals surface area contributed by atoms with E-state index in [2.05, 4.69) is 15.6 Å². The highest BCUT2D eigenvalue weighted by atomic mass is 16.6. The molecule has 0 unspecified atom stereocenters. The van der Waals surface area contributed by atoms with Crippen LogP contribution in [0.15, 0.2) is 30.5 Å². The first kappa shape index (κ1) is 19.3. The van der Waals surface area contributed by atoms with E-state index in [1.807, 2.05) is 24.3 Å². The molecule has 0 aliphatic carbocycles. The molecule has 140 valence electrons. The number of alkyl carbamates (subject to hydrolysis) is 1. The number of aromatic nitrogens is 1. The first-order valence-corrected chi connectivity index (χ1v) is 8.38. The van der Waals surface area contributed by atoms with Crippen molar-refractivity contribution in [3.63, 3.8) is 0 Å². The Morgan fingerprint density at radius 2 is 1.96 bits per heavy atom. The zero-order valence-electron chi connectivity index (χ0n) is 14.7. The van der Waals surface area contributed by atoms with Gasteiger partial charge >= 0.3 is 12.1 Å². The third-order valence-electron chi connectivity index (χ3n) is 3.69. The van der Waals surface area contributed by atoms with Gasteiger partial charge in [0.05, 0.1) is 12.5 Å². The maximum absolute atomic E-state index is 12.4. The minimum absolute atomic E-state index is 0.0144. The van der Waals surface area contributed by atoms with E-state index in [-0.39, 0.29) is 25.5 Å². The summed E-state index contributed by atoms with van der Waals surface area (Å²) in [7, 11) is 0. The van der Waals surface area contributed by atoms with Gasteiger partial charge in [-0.25, -0.2) is 4.79 Å². The van der Waals surface area contributed by atoms with Crippen molar-refractivity contribution in [1.29, 1.82) is 0 Å². The minimum atomic E-state index is -1.01. The average molecular weight is 361 g/mol. The maximum Gasteiger partial charge on any atom is 0.408 e. The number of amides is 2. The van der Waals surface area contributed by atoms with Crippen molar-refractivity contribution in [3.05, 3.63) is 36.0 Å². The molecule has 1 atom stereocenters. The fraction of sp³-hybridized carbons (Fsp3) is 0.389. The van der Waals surface area contributed by atoms with Crippen molar-refractivity contribution < 1.29 is 24.2 Å². The van der Waals surface area contributed by atoms with Gasteiger partial charge in [0.15, 0.2) is 0 Å². The largest absolute Gasteiger partial charge is 0.481 e. The second-order valence-corrected chi connectivity index (χ2v) is 6.15. The fourth-order valence-corrected chi connectivity index (χ4v) is 2.54. The van der Waals surface area contributed by atoms with E-state index in [9.17, 15) is 14.4 Å². The molecule has 0 spiro atoms. The molecular formula is C18H23N3O5. The Labute approximate surface area is 150 Å². The van der Waals surface area contributed by atoms with Crippen molar-refractivity contribution in [2.24, 2.45) is 0 Å². The molecule has 2 aromatic rings. The van der Waals surface area contributed by atoms with Gasteiger partial charge in [-0.05, 0) is 25.5 Å². The number of hydrogen-bond acceptors (Lipinski definition) is 4. The van der Waals surface area contributed by atoms with Crippen LogP contribution in [0, 0.1) is 0 Å². The van der Waals surface area contributed by atoms with Crippen LogP contribution in [0.5, 0.6) is 0 Å². The van der Waals surface area contributed by atoms with E-state index in [0.29, 0.717) is 0 Å². The van der Waals surface area contributed by atoms with Crippen LogP contribution < -0.4 is 10.6 Å². The van der Waals surface area contributed by atoms with Crippen LogP contribution in [0.25, 0.3) is 10.9 Å². The molecule has 0 fully saturated rings. The Hall–Kier alpha value is -3.03.